The van der Waals surface area contributed by atoms with Crippen molar-refractivity contribution in [2.75, 3.05) is 13.2 Å². The Morgan fingerprint density at radius 2 is 2.11 bits per heavy atom. The molecule has 0 saturated carbocycles. The van der Waals surface area contributed by atoms with Gasteiger partial charge in [0.15, 0.2) is 0 Å². The number of aromatic nitrogens is 1. The summed E-state index contributed by atoms with van der Waals surface area (Å²) in [5.74, 6) is 0.673. The molecule has 2 aliphatic heterocycles. The summed E-state index contributed by atoms with van der Waals surface area (Å²) in [6.45, 7) is 3.10. The van der Waals surface area contributed by atoms with Gasteiger partial charge in [-0.05, 0) is 24.6 Å². The van der Waals surface area contributed by atoms with Gasteiger partial charge in [0.2, 0.25) is 0 Å². The maximum absolute atomic E-state index is 13.4. The second kappa shape index (κ2) is 7.11. The van der Waals surface area contributed by atoms with E-state index >= 15 is 0 Å². The average Bonchev–Trinajstić information content (AvgIpc) is 2.90. The quantitative estimate of drug-likeness (QED) is 0.855. The van der Waals surface area contributed by atoms with Crippen molar-refractivity contribution >= 4 is 11.9 Å². The third-order valence-corrected chi connectivity index (χ3v) is 4.76. The summed E-state index contributed by atoms with van der Waals surface area (Å²) in [7, 11) is 0. The van der Waals surface area contributed by atoms with Crippen LogP contribution in [0.4, 0.5) is 4.79 Å². The molecule has 138 valence electrons. The van der Waals surface area contributed by atoms with E-state index in [4.69, 9.17) is 4.74 Å². The van der Waals surface area contributed by atoms with Gasteiger partial charge in [-0.15, -0.1) is 0 Å². The predicted molar refractivity (Wildman–Crippen MR) is 98.7 cm³/mol. The van der Waals surface area contributed by atoms with Crippen LogP contribution in [0, 0.1) is 0 Å². The zero-order valence-corrected chi connectivity index (χ0v) is 14.9. The summed E-state index contributed by atoms with van der Waals surface area (Å²) >= 11 is 0. The molecule has 0 radical (unpaired) electrons. The van der Waals surface area contributed by atoms with E-state index < -0.39 is 6.04 Å². The number of hydrogen-bond acceptors (Lipinski definition) is 4. The van der Waals surface area contributed by atoms with E-state index in [1.54, 1.807) is 30.3 Å². The monoisotopic (exact) mass is 364 g/mol. The average molecular weight is 364 g/mol. The van der Waals surface area contributed by atoms with Crippen molar-refractivity contribution in [1.82, 2.24) is 20.5 Å². The third kappa shape index (κ3) is 3.36. The van der Waals surface area contributed by atoms with Gasteiger partial charge in [-0.1, -0.05) is 24.3 Å². The first-order valence-corrected chi connectivity index (χ1v) is 8.81. The van der Waals surface area contributed by atoms with Gasteiger partial charge in [-0.2, -0.15) is 0 Å². The fourth-order valence-electron chi connectivity index (χ4n) is 3.44. The first-order chi connectivity index (χ1) is 13.1. The summed E-state index contributed by atoms with van der Waals surface area (Å²) in [6.07, 6.45) is 3.32. The van der Waals surface area contributed by atoms with E-state index in [9.17, 15) is 9.59 Å². The molecule has 0 saturated heterocycles. The highest BCUT2D eigenvalue weighted by Crippen LogP contribution is 2.30. The number of para-hydroxylation sites is 1. The van der Waals surface area contributed by atoms with E-state index in [1.165, 1.54) is 0 Å². The first kappa shape index (κ1) is 17.1. The topological polar surface area (TPSA) is 83.6 Å². The molecular formula is C20H20N4O3. The number of fused-ring (bicyclic) bond motifs is 1. The lowest BCUT2D eigenvalue weighted by Crippen LogP contribution is -2.48. The molecule has 1 aromatic heterocycles. The molecule has 7 heteroatoms. The van der Waals surface area contributed by atoms with Crippen LogP contribution < -0.4 is 15.4 Å². The van der Waals surface area contributed by atoms with Gasteiger partial charge in [0.25, 0.3) is 5.91 Å². The van der Waals surface area contributed by atoms with Crippen molar-refractivity contribution in [3.8, 4) is 5.75 Å². The normalized spacial score (nSPS) is 19.4. The molecule has 2 N–H and O–H groups in total. The van der Waals surface area contributed by atoms with Crippen LogP contribution in [-0.4, -0.2) is 35.0 Å². The molecule has 27 heavy (non-hydrogen) atoms. The second-order valence-electron chi connectivity index (χ2n) is 6.54. The fourth-order valence-corrected chi connectivity index (χ4v) is 3.44. The highest BCUT2D eigenvalue weighted by atomic mass is 16.5. The summed E-state index contributed by atoms with van der Waals surface area (Å²) in [5.41, 5.74) is 2.80. The number of amides is 3. The van der Waals surface area contributed by atoms with Gasteiger partial charge in [-0.25, -0.2) is 4.79 Å². The number of rotatable bonds is 2. The van der Waals surface area contributed by atoms with Crippen molar-refractivity contribution in [2.24, 2.45) is 0 Å². The van der Waals surface area contributed by atoms with Crippen LogP contribution in [0.25, 0.3) is 0 Å². The molecule has 1 unspecified atom stereocenters. The number of carbonyl (C=O) groups is 2. The molecule has 0 spiro atoms. The maximum atomic E-state index is 13.4. The van der Waals surface area contributed by atoms with Crippen LogP contribution in [-0.2, 0) is 11.3 Å². The Morgan fingerprint density at radius 1 is 1.26 bits per heavy atom. The van der Waals surface area contributed by atoms with Crippen LogP contribution in [0.1, 0.15) is 24.1 Å². The van der Waals surface area contributed by atoms with Gasteiger partial charge in [0.1, 0.15) is 12.4 Å². The Labute approximate surface area is 157 Å². The number of allylic oxidation sites excluding steroid dienone is 1. The molecule has 2 aliphatic rings. The standard InChI is InChI=1S/C20H20N4O3/c1-13-17(18(23-20(26)22-13)14-6-4-8-21-11-14)19(25)24-9-10-27-16-7-3-2-5-15(16)12-24/h2-8,11,18H,9-10,12H2,1H3,(H2,22,23,26). The minimum atomic E-state index is -0.542. The molecule has 0 bridgehead atoms. The number of hydrogen-bond donors (Lipinski definition) is 2. The van der Waals surface area contributed by atoms with Crippen molar-refractivity contribution in [1.29, 1.82) is 0 Å². The van der Waals surface area contributed by atoms with E-state index in [1.807, 2.05) is 30.3 Å². The number of urea groups is 1. The van der Waals surface area contributed by atoms with Gasteiger partial charge < -0.3 is 20.3 Å². The number of carbonyl (C=O) groups excluding carboxylic acids is 2. The van der Waals surface area contributed by atoms with Crippen LogP contribution in [0.5, 0.6) is 5.75 Å². The zero-order chi connectivity index (χ0) is 18.8. The Hall–Kier alpha value is -3.35. The van der Waals surface area contributed by atoms with Gasteiger partial charge in [-0.3, -0.25) is 9.78 Å². The molecule has 1 atom stereocenters. The lowest BCUT2D eigenvalue weighted by molar-refractivity contribution is -0.128. The van der Waals surface area contributed by atoms with Crippen LogP contribution in [0.15, 0.2) is 60.1 Å². The Kier molecular flexibility index (Phi) is 4.50. The molecule has 1 aromatic carbocycles. The minimum absolute atomic E-state index is 0.130. The van der Waals surface area contributed by atoms with Crippen LogP contribution in [0.3, 0.4) is 0 Å². The lowest BCUT2D eigenvalue weighted by atomic mass is 9.95. The lowest BCUT2D eigenvalue weighted by Gasteiger charge is -2.31. The minimum Gasteiger partial charge on any atom is -0.491 e. The van der Waals surface area contributed by atoms with Gasteiger partial charge in [0.05, 0.1) is 18.2 Å². The molecule has 2 aromatic rings. The summed E-state index contributed by atoms with van der Waals surface area (Å²) < 4.78 is 5.77. The maximum Gasteiger partial charge on any atom is 0.319 e. The fraction of sp³-hybridized carbons (Fsp3) is 0.250. The van der Waals surface area contributed by atoms with E-state index in [2.05, 4.69) is 15.6 Å². The Balaban J connectivity index is 1.68. The number of pyridine rings is 1. The number of nitrogens with zero attached hydrogens (tertiary/aromatic N) is 2. The number of benzene rings is 1. The van der Waals surface area contributed by atoms with Crippen molar-refractivity contribution in [2.45, 2.75) is 19.5 Å². The molecule has 4 rings (SSSR count). The van der Waals surface area contributed by atoms with E-state index in [0.717, 1.165) is 16.9 Å². The van der Waals surface area contributed by atoms with Crippen molar-refractivity contribution in [3.63, 3.8) is 0 Å². The highest BCUT2D eigenvalue weighted by molar-refractivity contribution is 5.98. The molecule has 3 amide bonds. The van der Waals surface area contributed by atoms with E-state index in [-0.39, 0.29) is 11.9 Å². The smallest absolute Gasteiger partial charge is 0.319 e. The second-order valence-corrected chi connectivity index (χ2v) is 6.54. The molecule has 0 fully saturated rings. The largest absolute Gasteiger partial charge is 0.491 e. The SMILES string of the molecule is CC1=C(C(=O)N2CCOc3ccccc3C2)C(c2cccnc2)NC(=O)N1. The molecule has 3 heterocycles. The van der Waals surface area contributed by atoms with Gasteiger partial charge in [0, 0.05) is 30.2 Å². The van der Waals surface area contributed by atoms with E-state index in [0.29, 0.717) is 31.0 Å². The Morgan fingerprint density at radius 3 is 2.93 bits per heavy atom. The van der Waals surface area contributed by atoms with Gasteiger partial charge >= 0.3 is 6.03 Å². The first-order valence-electron chi connectivity index (χ1n) is 8.81. The zero-order valence-electron chi connectivity index (χ0n) is 14.9. The molecule has 0 aliphatic carbocycles. The molecule has 7 nitrogen and oxygen atoms in total. The third-order valence-electron chi connectivity index (χ3n) is 4.76. The van der Waals surface area contributed by atoms with Crippen molar-refractivity contribution in [3.05, 3.63) is 71.2 Å². The van der Waals surface area contributed by atoms with Crippen LogP contribution >= 0.6 is 0 Å². The summed E-state index contributed by atoms with van der Waals surface area (Å²) in [5, 5.41) is 5.56. The summed E-state index contributed by atoms with van der Waals surface area (Å²) in [4.78, 5) is 31.3. The highest BCUT2D eigenvalue weighted by Gasteiger charge is 2.34. The molecular weight excluding hydrogens is 344 g/mol. The number of ether oxygens (including phenoxy) is 1. The summed E-state index contributed by atoms with van der Waals surface area (Å²) in [6, 6.07) is 10.5. The van der Waals surface area contributed by atoms with Crippen LogP contribution in [0.2, 0.25) is 0 Å². The van der Waals surface area contributed by atoms with Crippen molar-refractivity contribution < 1.29 is 14.3 Å². The Bertz CT molecular complexity index is 910. The predicted octanol–water partition coefficient (Wildman–Crippen LogP) is 2.13. The number of nitrogens with one attached hydrogen (secondary N) is 2.